The van der Waals surface area contributed by atoms with Crippen LogP contribution in [0.1, 0.15) is 338 Å². The van der Waals surface area contributed by atoms with E-state index >= 15 is 0 Å². The number of phosphoric acid groups is 2. The predicted octanol–water partition coefficient (Wildman–Crippen LogP) is 19.3. The first-order valence-corrected chi connectivity index (χ1v) is 38.7. The summed E-state index contributed by atoms with van der Waals surface area (Å²) in [6.07, 6.45) is 40.4. The van der Waals surface area contributed by atoms with Crippen molar-refractivity contribution in [2.75, 3.05) is 39.6 Å². The number of phosphoric ester groups is 2. The van der Waals surface area contributed by atoms with E-state index in [9.17, 15) is 43.2 Å². The topological polar surface area (TPSA) is 237 Å². The number of carbonyl (C=O) groups is 4. The van der Waals surface area contributed by atoms with Crippen LogP contribution in [0.4, 0.5) is 0 Å². The molecule has 0 saturated heterocycles. The van der Waals surface area contributed by atoms with Crippen LogP contribution < -0.4 is 0 Å². The summed E-state index contributed by atoms with van der Waals surface area (Å²) in [5.41, 5.74) is 0. The molecule has 0 aromatic carbocycles. The highest BCUT2D eigenvalue weighted by atomic mass is 31.2. The Hall–Kier alpha value is -1.94. The van der Waals surface area contributed by atoms with Crippen LogP contribution in [0.3, 0.4) is 0 Å². The second-order valence-electron chi connectivity index (χ2n) is 26.6. The number of carbonyl (C=O) groups excluding carboxylic acids is 4. The van der Waals surface area contributed by atoms with E-state index in [2.05, 4.69) is 55.4 Å². The van der Waals surface area contributed by atoms with Crippen LogP contribution >= 0.6 is 15.6 Å². The first-order valence-electron chi connectivity index (χ1n) is 35.7. The van der Waals surface area contributed by atoms with Crippen LogP contribution in [0.25, 0.3) is 0 Å². The van der Waals surface area contributed by atoms with E-state index in [1.165, 1.54) is 135 Å². The smallest absolute Gasteiger partial charge is 0.462 e. The van der Waals surface area contributed by atoms with E-state index in [4.69, 9.17) is 37.0 Å². The van der Waals surface area contributed by atoms with Crippen LogP contribution in [-0.4, -0.2) is 96.7 Å². The molecule has 0 aliphatic carbocycles. The average Bonchev–Trinajstić information content (AvgIpc) is 3.51. The van der Waals surface area contributed by atoms with Crippen LogP contribution in [0.15, 0.2) is 0 Å². The Balaban J connectivity index is 5.24. The number of ether oxygens (including phenoxy) is 4. The van der Waals surface area contributed by atoms with Gasteiger partial charge in [0, 0.05) is 25.7 Å². The molecule has 0 bridgehead atoms. The average molecular weight is 1300 g/mol. The molecule has 522 valence electrons. The Morgan fingerprint density at radius 2 is 0.545 bits per heavy atom. The van der Waals surface area contributed by atoms with Gasteiger partial charge < -0.3 is 33.8 Å². The number of hydrogen-bond acceptors (Lipinski definition) is 15. The Morgan fingerprint density at radius 1 is 0.318 bits per heavy atom. The lowest BCUT2D eigenvalue weighted by molar-refractivity contribution is -0.161. The Bertz CT molecular complexity index is 1750. The Kier molecular flexibility index (Phi) is 57.6. The second-order valence-corrected chi connectivity index (χ2v) is 29.5. The molecular formula is C69H134O17P2. The molecule has 0 radical (unpaired) electrons. The molecule has 0 saturated carbocycles. The first-order chi connectivity index (χ1) is 42.1. The van der Waals surface area contributed by atoms with Crippen LogP contribution in [-0.2, 0) is 65.4 Å². The predicted molar refractivity (Wildman–Crippen MR) is 354 cm³/mol. The molecule has 19 heteroatoms. The van der Waals surface area contributed by atoms with Gasteiger partial charge in [-0.25, -0.2) is 9.13 Å². The molecule has 0 spiro atoms. The van der Waals surface area contributed by atoms with Gasteiger partial charge in [0.15, 0.2) is 12.2 Å². The van der Waals surface area contributed by atoms with Crippen molar-refractivity contribution < 1.29 is 80.2 Å². The SMILES string of the molecule is CCC(C)CCCCCCCCC(=O)OC[C@H](COP(=O)(O)OC[C@H](O)COP(=O)(O)OC[C@@H](COC(=O)CCCCCCCCCCC(C)C)OC(=O)CCCCCCCCCCC(C)C)OC(=O)CCCCCCCCCCCCCCCC(C)C. The maximum atomic E-state index is 13.0. The summed E-state index contributed by atoms with van der Waals surface area (Å²) in [5, 5.41) is 10.6. The molecule has 0 aliphatic heterocycles. The summed E-state index contributed by atoms with van der Waals surface area (Å²) in [6.45, 7) is 14.0. The minimum Gasteiger partial charge on any atom is -0.462 e. The second kappa shape index (κ2) is 58.8. The maximum Gasteiger partial charge on any atom is 0.472 e. The molecule has 17 nitrogen and oxygen atoms in total. The highest BCUT2D eigenvalue weighted by molar-refractivity contribution is 7.47. The van der Waals surface area contributed by atoms with Crippen LogP contribution in [0.5, 0.6) is 0 Å². The van der Waals surface area contributed by atoms with Gasteiger partial charge in [-0.2, -0.15) is 0 Å². The van der Waals surface area contributed by atoms with Gasteiger partial charge in [-0.15, -0.1) is 0 Å². The third-order valence-corrected chi connectivity index (χ3v) is 18.1. The molecule has 0 aliphatic rings. The fourth-order valence-corrected chi connectivity index (χ4v) is 11.9. The number of unbranched alkanes of at least 4 members (excludes halogenated alkanes) is 31. The van der Waals surface area contributed by atoms with Crippen molar-refractivity contribution >= 4 is 39.5 Å². The van der Waals surface area contributed by atoms with E-state index in [1.54, 1.807) is 0 Å². The third kappa shape index (κ3) is 61.6. The first kappa shape index (κ1) is 86.1. The van der Waals surface area contributed by atoms with Gasteiger partial charge in [0.1, 0.15) is 19.3 Å². The summed E-state index contributed by atoms with van der Waals surface area (Å²) in [6, 6.07) is 0. The van der Waals surface area contributed by atoms with E-state index in [0.717, 1.165) is 120 Å². The highest BCUT2D eigenvalue weighted by Gasteiger charge is 2.30. The number of aliphatic hydroxyl groups excluding tert-OH is 1. The maximum absolute atomic E-state index is 13.0. The van der Waals surface area contributed by atoms with E-state index in [-0.39, 0.29) is 25.7 Å². The Labute approximate surface area is 537 Å². The van der Waals surface area contributed by atoms with Crippen LogP contribution in [0, 0.1) is 23.7 Å². The molecule has 0 aromatic heterocycles. The van der Waals surface area contributed by atoms with Gasteiger partial charge >= 0.3 is 39.5 Å². The lowest BCUT2D eigenvalue weighted by Crippen LogP contribution is -2.30. The summed E-state index contributed by atoms with van der Waals surface area (Å²) in [5.74, 6) is 0.829. The summed E-state index contributed by atoms with van der Waals surface area (Å²) < 4.78 is 68.2. The zero-order chi connectivity index (χ0) is 65.4. The van der Waals surface area contributed by atoms with Crippen molar-refractivity contribution in [3.05, 3.63) is 0 Å². The molecule has 0 heterocycles. The van der Waals surface area contributed by atoms with Crippen molar-refractivity contribution in [2.24, 2.45) is 23.7 Å². The lowest BCUT2D eigenvalue weighted by atomic mass is 10.00. The summed E-state index contributed by atoms with van der Waals surface area (Å²) in [4.78, 5) is 72.5. The van der Waals surface area contributed by atoms with Crippen molar-refractivity contribution in [3.8, 4) is 0 Å². The van der Waals surface area contributed by atoms with E-state index in [0.29, 0.717) is 25.7 Å². The Morgan fingerprint density at radius 3 is 0.807 bits per heavy atom. The molecule has 3 N–H and O–H groups in total. The van der Waals surface area contributed by atoms with Crippen molar-refractivity contribution in [1.82, 2.24) is 0 Å². The van der Waals surface area contributed by atoms with Gasteiger partial charge in [-0.1, -0.05) is 287 Å². The molecular weight excluding hydrogens is 1160 g/mol. The lowest BCUT2D eigenvalue weighted by Gasteiger charge is -2.21. The quantitative estimate of drug-likeness (QED) is 0.0222. The summed E-state index contributed by atoms with van der Waals surface area (Å²) in [7, 11) is -9.90. The van der Waals surface area contributed by atoms with Gasteiger partial charge in [0.25, 0.3) is 0 Å². The van der Waals surface area contributed by atoms with Gasteiger partial charge in [-0.3, -0.25) is 37.3 Å². The number of rotatable bonds is 66. The highest BCUT2D eigenvalue weighted by Crippen LogP contribution is 2.45. The van der Waals surface area contributed by atoms with Gasteiger partial charge in [0.05, 0.1) is 26.4 Å². The number of aliphatic hydroxyl groups is 1. The summed E-state index contributed by atoms with van der Waals surface area (Å²) >= 11 is 0. The molecule has 0 amide bonds. The fourth-order valence-electron chi connectivity index (χ4n) is 10.3. The molecule has 0 aromatic rings. The molecule has 88 heavy (non-hydrogen) atoms. The van der Waals surface area contributed by atoms with Gasteiger partial charge in [0.2, 0.25) is 0 Å². The van der Waals surface area contributed by atoms with E-state index < -0.39 is 97.5 Å². The molecule has 0 fully saturated rings. The minimum atomic E-state index is -4.95. The number of esters is 4. The molecule has 6 atom stereocenters. The minimum absolute atomic E-state index is 0.103. The number of hydrogen-bond donors (Lipinski definition) is 3. The van der Waals surface area contributed by atoms with Crippen molar-refractivity contribution in [1.29, 1.82) is 0 Å². The monoisotopic (exact) mass is 1300 g/mol. The van der Waals surface area contributed by atoms with Gasteiger partial charge in [-0.05, 0) is 49.4 Å². The standard InChI is InChI=1S/C69H134O17P2/c1-9-62(8)48-40-32-27-28-34-42-50-67(72)80-56-65(85-68(73)51-43-35-25-16-14-12-10-11-13-15-21-29-37-45-59(2)3)58-84-88(77,78)82-54-63(70)53-81-87(75,76)83-57-64(86-69(74)52-44-36-26-20-18-23-31-39-47-61(6)7)55-79-66(71)49-41-33-24-19-17-22-30-38-46-60(4)5/h59-65,70H,9-58H2,1-8H3,(H,75,76)(H,77,78)/t62?,63-,64-,65-/m1/s1. The third-order valence-electron chi connectivity index (χ3n) is 16.2. The zero-order valence-electron chi connectivity index (χ0n) is 57.3. The normalized spacial score (nSPS) is 14.6. The van der Waals surface area contributed by atoms with Crippen molar-refractivity contribution in [2.45, 2.75) is 356 Å². The zero-order valence-corrected chi connectivity index (χ0v) is 59.1. The van der Waals surface area contributed by atoms with Crippen LogP contribution in [0.2, 0.25) is 0 Å². The van der Waals surface area contributed by atoms with Crippen molar-refractivity contribution in [3.63, 3.8) is 0 Å². The largest absolute Gasteiger partial charge is 0.472 e. The van der Waals surface area contributed by atoms with E-state index in [1.807, 2.05) is 0 Å². The molecule has 0 rings (SSSR count). The molecule has 3 unspecified atom stereocenters. The fraction of sp³-hybridized carbons (Fsp3) is 0.942.